The molecule has 4 heteroatoms. The summed E-state index contributed by atoms with van der Waals surface area (Å²) in [6.07, 6.45) is 1.29. The molecular weight excluding hydrogens is 228 g/mol. The fraction of sp³-hybridized carbons (Fsp3) is 0.429. The molecule has 0 spiro atoms. The summed E-state index contributed by atoms with van der Waals surface area (Å²) in [6.45, 7) is 7.53. The number of hydrogen-bond acceptors (Lipinski definition) is 3. The smallest absolute Gasteiger partial charge is 0.170 e. The van der Waals surface area contributed by atoms with Gasteiger partial charge in [-0.1, -0.05) is 5.16 Å². The minimum absolute atomic E-state index is 0.122. The Morgan fingerprint density at radius 3 is 2.44 bits per heavy atom. The summed E-state index contributed by atoms with van der Waals surface area (Å²) in [4.78, 5) is 11.1. The number of carbonyl (C=O) groups excluding carboxylic acids is 1. The molecule has 0 aliphatic heterocycles. The lowest BCUT2D eigenvalue weighted by atomic mass is 9.90. The molecule has 0 bridgehead atoms. The maximum absolute atomic E-state index is 11.1. The van der Waals surface area contributed by atoms with Crippen molar-refractivity contribution >= 4 is 11.6 Å². The third-order valence-electron chi connectivity index (χ3n) is 3.37. The van der Waals surface area contributed by atoms with Gasteiger partial charge in [0.1, 0.15) is 5.78 Å². The second-order valence-corrected chi connectivity index (χ2v) is 4.66. The van der Waals surface area contributed by atoms with Crippen molar-refractivity contribution in [2.75, 3.05) is 0 Å². The third kappa shape index (κ3) is 2.88. The van der Waals surface area contributed by atoms with Crippen molar-refractivity contribution in [3.63, 3.8) is 0 Å². The lowest BCUT2D eigenvalue weighted by Crippen LogP contribution is -2.16. The molecule has 18 heavy (non-hydrogen) atoms. The monoisotopic (exact) mass is 248 g/mol. The van der Waals surface area contributed by atoms with E-state index in [0.29, 0.717) is 6.42 Å². The SMILES string of the molecule is CC(=O)CCc1c(C)cc(/C(N)=N/O)c(C)c1C. The lowest BCUT2D eigenvalue weighted by Gasteiger charge is -2.15. The van der Waals surface area contributed by atoms with Gasteiger partial charge in [0.25, 0.3) is 0 Å². The first-order chi connectivity index (χ1) is 8.38. The lowest BCUT2D eigenvalue weighted by molar-refractivity contribution is -0.116. The molecule has 0 radical (unpaired) electrons. The van der Waals surface area contributed by atoms with Crippen LogP contribution in [0.15, 0.2) is 11.2 Å². The zero-order valence-corrected chi connectivity index (χ0v) is 11.4. The van der Waals surface area contributed by atoms with Crippen LogP contribution in [-0.4, -0.2) is 16.8 Å². The molecule has 0 saturated heterocycles. The van der Waals surface area contributed by atoms with Gasteiger partial charge >= 0.3 is 0 Å². The van der Waals surface area contributed by atoms with E-state index >= 15 is 0 Å². The van der Waals surface area contributed by atoms with Crippen LogP contribution in [0.4, 0.5) is 0 Å². The van der Waals surface area contributed by atoms with Crippen molar-refractivity contribution < 1.29 is 10.0 Å². The van der Waals surface area contributed by atoms with Gasteiger partial charge in [-0.15, -0.1) is 0 Å². The Morgan fingerprint density at radius 2 is 1.94 bits per heavy atom. The number of nitrogens with two attached hydrogens (primary N) is 1. The maximum Gasteiger partial charge on any atom is 0.170 e. The number of amidine groups is 1. The van der Waals surface area contributed by atoms with Crippen molar-refractivity contribution in [2.24, 2.45) is 10.9 Å². The van der Waals surface area contributed by atoms with Gasteiger partial charge in [-0.05, 0) is 62.4 Å². The van der Waals surface area contributed by atoms with Crippen LogP contribution >= 0.6 is 0 Å². The zero-order valence-electron chi connectivity index (χ0n) is 11.4. The van der Waals surface area contributed by atoms with E-state index in [9.17, 15) is 4.79 Å². The van der Waals surface area contributed by atoms with Crippen LogP contribution in [0, 0.1) is 20.8 Å². The minimum atomic E-state index is 0.122. The summed E-state index contributed by atoms with van der Waals surface area (Å²) in [5.74, 6) is 0.309. The molecule has 0 unspecified atom stereocenters. The molecule has 0 amide bonds. The molecule has 0 aliphatic rings. The molecule has 1 rings (SSSR count). The highest BCUT2D eigenvalue weighted by Gasteiger charge is 2.13. The van der Waals surface area contributed by atoms with Gasteiger partial charge in [-0.3, -0.25) is 0 Å². The van der Waals surface area contributed by atoms with E-state index in [1.807, 2.05) is 26.8 Å². The quantitative estimate of drug-likeness (QED) is 0.371. The van der Waals surface area contributed by atoms with Gasteiger partial charge in [0.15, 0.2) is 5.84 Å². The maximum atomic E-state index is 11.1. The normalized spacial score (nSPS) is 11.7. The molecule has 0 fully saturated rings. The van der Waals surface area contributed by atoms with Gasteiger partial charge in [0, 0.05) is 12.0 Å². The number of carbonyl (C=O) groups is 1. The highest BCUT2D eigenvalue weighted by atomic mass is 16.4. The second kappa shape index (κ2) is 5.67. The number of aryl methyl sites for hydroxylation is 1. The van der Waals surface area contributed by atoms with Gasteiger partial charge < -0.3 is 15.7 Å². The Labute approximate surface area is 107 Å². The summed E-state index contributed by atoms with van der Waals surface area (Å²) < 4.78 is 0. The number of nitrogens with zero attached hydrogens (tertiary/aromatic N) is 1. The Kier molecular flexibility index (Phi) is 4.48. The number of hydrogen-bond donors (Lipinski definition) is 2. The Bertz CT molecular complexity index is 505. The van der Waals surface area contributed by atoms with Crippen LogP contribution in [-0.2, 0) is 11.2 Å². The minimum Gasteiger partial charge on any atom is -0.409 e. The van der Waals surface area contributed by atoms with Crippen LogP contribution in [0.1, 0.15) is 41.2 Å². The molecule has 1 aromatic rings. The molecule has 98 valence electrons. The van der Waals surface area contributed by atoms with Crippen molar-refractivity contribution in [2.45, 2.75) is 40.5 Å². The molecule has 0 aliphatic carbocycles. The first-order valence-electron chi connectivity index (χ1n) is 5.95. The second-order valence-electron chi connectivity index (χ2n) is 4.66. The molecule has 4 nitrogen and oxygen atoms in total. The third-order valence-corrected chi connectivity index (χ3v) is 3.37. The van der Waals surface area contributed by atoms with Crippen LogP contribution in [0.3, 0.4) is 0 Å². The van der Waals surface area contributed by atoms with Crippen molar-refractivity contribution in [3.05, 3.63) is 33.9 Å². The van der Waals surface area contributed by atoms with E-state index < -0.39 is 0 Å². The summed E-state index contributed by atoms with van der Waals surface area (Å²) in [5.41, 5.74) is 10.8. The fourth-order valence-corrected chi connectivity index (χ4v) is 2.14. The van der Waals surface area contributed by atoms with Crippen LogP contribution in [0.5, 0.6) is 0 Å². The predicted octanol–water partition coefficient (Wildman–Crippen LogP) is 2.23. The zero-order chi connectivity index (χ0) is 13.9. The molecule has 0 aromatic heterocycles. The van der Waals surface area contributed by atoms with E-state index in [4.69, 9.17) is 10.9 Å². The van der Waals surface area contributed by atoms with Crippen molar-refractivity contribution in [1.29, 1.82) is 0 Å². The number of benzene rings is 1. The van der Waals surface area contributed by atoms with E-state index in [0.717, 1.165) is 28.7 Å². The molecular formula is C14H20N2O2. The van der Waals surface area contributed by atoms with Crippen LogP contribution < -0.4 is 5.73 Å². The van der Waals surface area contributed by atoms with Crippen LogP contribution in [0.2, 0.25) is 0 Å². The van der Waals surface area contributed by atoms with E-state index in [2.05, 4.69) is 5.16 Å². The number of oxime groups is 1. The molecule has 0 saturated carbocycles. The van der Waals surface area contributed by atoms with Gasteiger partial charge in [0.05, 0.1) is 0 Å². The molecule has 3 N–H and O–H groups in total. The average molecular weight is 248 g/mol. The van der Waals surface area contributed by atoms with E-state index in [1.54, 1.807) is 6.92 Å². The number of Topliss-reactive ketones (excluding diaryl/α,β-unsaturated/α-hetero) is 1. The topological polar surface area (TPSA) is 75.7 Å². The Morgan fingerprint density at radius 1 is 1.33 bits per heavy atom. The molecule has 1 aromatic carbocycles. The van der Waals surface area contributed by atoms with Gasteiger partial charge in [-0.2, -0.15) is 0 Å². The molecule has 0 atom stereocenters. The standard InChI is InChI=1S/C14H20N2O2/c1-8-7-13(14(15)16-18)11(4)10(3)12(8)6-5-9(2)17/h7,18H,5-6H2,1-4H3,(H2,15,16). The van der Waals surface area contributed by atoms with Crippen molar-refractivity contribution in [3.8, 4) is 0 Å². The molecule has 0 heterocycles. The fourth-order valence-electron chi connectivity index (χ4n) is 2.14. The number of ketones is 1. The average Bonchev–Trinajstić information content (AvgIpc) is 2.32. The van der Waals surface area contributed by atoms with Gasteiger partial charge in [0.2, 0.25) is 0 Å². The summed E-state index contributed by atoms with van der Waals surface area (Å²) in [7, 11) is 0. The predicted molar refractivity (Wildman–Crippen MR) is 72.2 cm³/mol. The summed E-state index contributed by atoms with van der Waals surface area (Å²) in [6, 6.07) is 1.91. The first-order valence-corrected chi connectivity index (χ1v) is 5.95. The Hall–Kier alpha value is -1.84. The van der Waals surface area contributed by atoms with E-state index in [-0.39, 0.29) is 11.6 Å². The van der Waals surface area contributed by atoms with Gasteiger partial charge in [-0.25, -0.2) is 0 Å². The van der Waals surface area contributed by atoms with Crippen molar-refractivity contribution in [1.82, 2.24) is 0 Å². The highest BCUT2D eigenvalue weighted by molar-refractivity contribution is 5.99. The van der Waals surface area contributed by atoms with Crippen LogP contribution in [0.25, 0.3) is 0 Å². The first kappa shape index (κ1) is 14.2. The number of rotatable bonds is 4. The summed E-state index contributed by atoms with van der Waals surface area (Å²) >= 11 is 0. The summed E-state index contributed by atoms with van der Waals surface area (Å²) in [5, 5.41) is 11.8. The van der Waals surface area contributed by atoms with E-state index in [1.165, 1.54) is 5.56 Å². The largest absolute Gasteiger partial charge is 0.409 e. The highest BCUT2D eigenvalue weighted by Crippen LogP contribution is 2.23. The Balaban J connectivity index is 3.24.